The van der Waals surface area contributed by atoms with Crippen molar-refractivity contribution in [3.63, 3.8) is 0 Å². The molecule has 2 aromatic carbocycles. The van der Waals surface area contributed by atoms with Crippen molar-refractivity contribution in [1.82, 2.24) is 9.97 Å². The highest BCUT2D eigenvalue weighted by molar-refractivity contribution is 6.05. The molecule has 5 rings (SSSR count). The maximum absolute atomic E-state index is 6.26. The number of fused-ring (bicyclic) bond motifs is 1. The van der Waals surface area contributed by atoms with Crippen LogP contribution >= 0.6 is 0 Å². The highest BCUT2D eigenvalue weighted by Gasteiger charge is 2.23. The maximum atomic E-state index is 6.26. The van der Waals surface area contributed by atoms with Gasteiger partial charge in [0.25, 0.3) is 0 Å². The van der Waals surface area contributed by atoms with E-state index < -0.39 is 0 Å². The van der Waals surface area contributed by atoms with E-state index in [1.165, 1.54) is 6.33 Å². The minimum atomic E-state index is 0.211. The summed E-state index contributed by atoms with van der Waals surface area (Å²) in [5.74, 6) is 2.33. The Hall–Kier alpha value is -3.38. The number of nitrogens with one attached hydrogen (secondary N) is 1. The van der Waals surface area contributed by atoms with Gasteiger partial charge in [-0.05, 0) is 42.7 Å². The lowest BCUT2D eigenvalue weighted by Gasteiger charge is -2.12. The quantitative estimate of drug-likeness (QED) is 0.481. The number of hydrogen-bond acceptors (Lipinski definition) is 6. The third-order valence-electron chi connectivity index (χ3n) is 5.42. The summed E-state index contributed by atoms with van der Waals surface area (Å²) in [5.41, 5.74) is 3.55. The van der Waals surface area contributed by atoms with Crippen LogP contribution in [0.4, 0.5) is 5.82 Å². The average Bonchev–Trinajstić information content (AvgIpc) is 3.46. The highest BCUT2D eigenvalue weighted by atomic mass is 16.5. The second-order valence-electron chi connectivity index (χ2n) is 7.32. The Morgan fingerprint density at radius 3 is 2.60 bits per heavy atom. The number of anilines is 1. The molecule has 0 aliphatic carbocycles. The van der Waals surface area contributed by atoms with Crippen LogP contribution in [0.3, 0.4) is 0 Å². The Bertz CT molecular complexity index is 1130. The summed E-state index contributed by atoms with van der Waals surface area (Å²) in [7, 11) is 1.66. The minimum absolute atomic E-state index is 0.211. The lowest BCUT2D eigenvalue weighted by molar-refractivity contribution is 0.120. The fourth-order valence-corrected chi connectivity index (χ4v) is 3.91. The average molecular weight is 401 g/mol. The minimum Gasteiger partial charge on any atom is -0.497 e. The van der Waals surface area contributed by atoms with Crippen molar-refractivity contribution in [3.8, 4) is 28.2 Å². The Morgan fingerprint density at radius 2 is 1.87 bits per heavy atom. The van der Waals surface area contributed by atoms with E-state index in [9.17, 15) is 0 Å². The topological polar surface area (TPSA) is 69.4 Å². The van der Waals surface area contributed by atoms with Gasteiger partial charge in [-0.3, -0.25) is 0 Å². The number of nitrogens with zero attached hydrogens (tertiary/aromatic N) is 2. The molecule has 0 unspecified atom stereocenters. The molecule has 4 aromatic rings. The van der Waals surface area contributed by atoms with Gasteiger partial charge >= 0.3 is 0 Å². The molecule has 30 heavy (non-hydrogen) atoms. The van der Waals surface area contributed by atoms with Crippen molar-refractivity contribution in [2.75, 3.05) is 25.6 Å². The number of rotatable bonds is 6. The van der Waals surface area contributed by atoms with E-state index in [-0.39, 0.29) is 6.10 Å². The zero-order valence-electron chi connectivity index (χ0n) is 16.8. The molecule has 3 heterocycles. The van der Waals surface area contributed by atoms with Crippen LogP contribution in [-0.2, 0) is 4.74 Å². The van der Waals surface area contributed by atoms with E-state index >= 15 is 0 Å². The molecule has 6 heteroatoms. The molecule has 0 saturated carbocycles. The third kappa shape index (κ3) is 3.50. The highest BCUT2D eigenvalue weighted by Crippen LogP contribution is 2.42. The van der Waals surface area contributed by atoms with Crippen LogP contribution in [0.15, 0.2) is 65.3 Å². The van der Waals surface area contributed by atoms with E-state index in [0.717, 1.165) is 58.9 Å². The lowest BCUT2D eigenvalue weighted by Crippen LogP contribution is -2.19. The Morgan fingerprint density at radius 1 is 1.03 bits per heavy atom. The largest absolute Gasteiger partial charge is 0.497 e. The predicted octanol–water partition coefficient (Wildman–Crippen LogP) is 5.16. The number of furan rings is 1. The SMILES string of the molecule is COc1ccc(-c2oc3ncnc(NC[C@@H]4CCCO4)c3c2-c2ccccc2)cc1. The number of ether oxygens (including phenoxy) is 2. The molecule has 2 aromatic heterocycles. The summed E-state index contributed by atoms with van der Waals surface area (Å²) < 4.78 is 17.3. The van der Waals surface area contributed by atoms with Crippen molar-refractivity contribution < 1.29 is 13.9 Å². The van der Waals surface area contributed by atoms with Crippen molar-refractivity contribution >= 4 is 16.9 Å². The number of benzene rings is 2. The van der Waals surface area contributed by atoms with E-state index in [4.69, 9.17) is 13.9 Å². The predicted molar refractivity (Wildman–Crippen MR) is 117 cm³/mol. The summed E-state index contributed by atoms with van der Waals surface area (Å²) in [4.78, 5) is 8.94. The molecule has 1 saturated heterocycles. The van der Waals surface area contributed by atoms with Crippen LogP contribution in [0.1, 0.15) is 12.8 Å². The van der Waals surface area contributed by atoms with Crippen LogP contribution in [0, 0.1) is 0 Å². The summed E-state index contributed by atoms with van der Waals surface area (Å²) in [5, 5.41) is 4.35. The van der Waals surface area contributed by atoms with Gasteiger partial charge in [0.15, 0.2) is 0 Å². The Balaban J connectivity index is 1.65. The van der Waals surface area contributed by atoms with Gasteiger partial charge in [0.05, 0.1) is 18.6 Å². The fourth-order valence-electron chi connectivity index (χ4n) is 3.91. The van der Waals surface area contributed by atoms with E-state index in [1.54, 1.807) is 7.11 Å². The molecule has 6 nitrogen and oxygen atoms in total. The first-order valence-electron chi connectivity index (χ1n) is 10.2. The van der Waals surface area contributed by atoms with Crippen LogP contribution in [0.25, 0.3) is 33.6 Å². The zero-order valence-corrected chi connectivity index (χ0v) is 16.8. The van der Waals surface area contributed by atoms with Crippen LogP contribution < -0.4 is 10.1 Å². The Kier molecular flexibility index (Phi) is 5.07. The van der Waals surface area contributed by atoms with Gasteiger partial charge in [-0.2, -0.15) is 0 Å². The van der Waals surface area contributed by atoms with Crippen LogP contribution in [-0.4, -0.2) is 36.3 Å². The summed E-state index contributed by atoms with van der Waals surface area (Å²) >= 11 is 0. The molecule has 1 N–H and O–H groups in total. The molecule has 1 fully saturated rings. The summed E-state index contributed by atoms with van der Waals surface area (Å²) in [6, 6.07) is 18.1. The molecular formula is C24H23N3O3. The second kappa shape index (κ2) is 8.16. The molecule has 152 valence electrons. The van der Waals surface area contributed by atoms with E-state index in [2.05, 4.69) is 27.4 Å². The third-order valence-corrected chi connectivity index (χ3v) is 5.42. The van der Waals surface area contributed by atoms with Crippen molar-refractivity contribution in [1.29, 1.82) is 0 Å². The first-order chi connectivity index (χ1) is 14.8. The van der Waals surface area contributed by atoms with E-state index in [0.29, 0.717) is 12.3 Å². The van der Waals surface area contributed by atoms with Crippen molar-refractivity contribution in [2.45, 2.75) is 18.9 Å². The molecule has 1 aliphatic heterocycles. The zero-order chi connectivity index (χ0) is 20.3. The maximum Gasteiger partial charge on any atom is 0.232 e. The number of hydrogen-bond donors (Lipinski definition) is 1. The Labute approximate surface area is 174 Å². The van der Waals surface area contributed by atoms with Gasteiger partial charge in [0.1, 0.15) is 23.7 Å². The molecule has 1 aliphatic rings. The molecular weight excluding hydrogens is 378 g/mol. The van der Waals surface area contributed by atoms with Gasteiger partial charge in [-0.25, -0.2) is 9.97 Å². The van der Waals surface area contributed by atoms with Crippen molar-refractivity contribution in [2.24, 2.45) is 0 Å². The van der Waals surface area contributed by atoms with Crippen LogP contribution in [0.2, 0.25) is 0 Å². The second-order valence-corrected chi connectivity index (χ2v) is 7.32. The van der Waals surface area contributed by atoms with Gasteiger partial charge < -0.3 is 19.2 Å². The molecule has 0 amide bonds. The molecule has 1 atom stereocenters. The smallest absolute Gasteiger partial charge is 0.232 e. The molecule has 0 spiro atoms. The number of methoxy groups -OCH3 is 1. The van der Waals surface area contributed by atoms with Crippen molar-refractivity contribution in [3.05, 3.63) is 60.9 Å². The summed E-state index contributed by atoms with van der Waals surface area (Å²) in [6.45, 7) is 1.54. The fraction of sp³-hybridized carbons (Fsp3) is 0.250. The molecule has 0 radical (unpaired) electrons. The monoisotopic (exact) mass is 401 g/mol. The normalized spacial score (nSPS) is 16.1. The standard InChI is InChI=1S/C24H23N3O3/c1-28-18-11-9-17(10-12-18)22-20(16-6-3-2-4-7-16)21-23(26-15-27-24(21)30-22)25-14-19-8-5-13-29-19/h2-4,6-7,9-12,15,19H,5,8,13-14H2,1H3,(H,25,26,27)/t19-/m0/s1. The van der Waals surface area contributed by atoms with Gasteiger partial charge in [0, 0.05) is 24.3 Å². The van der Waals surface area contributed by atoms with Gasteiger partial charge in [-0.1, -0.05) is 30.3 Å². The molecule has 0 bridgehead atoms. The van der Waals surface area contributed by atoms with Gasteiger partial charge in [0.2, 0.25) is 5.71 Å². The number of aromatic nitrogens is 2. The van der Waals surface area contributed by atoms with Crippen LogP contribution in [0.5, 0.6) is 5.75 Å². The summed E-state index contributed by atoms with van der Waals surface area (Å²) in [6.07, 6.45) is 3.92. The van der Waals surface area contributed by atoms with Gasteiger partial charge in [-0.15, -0.1) is 0 Å². The van der Waals surface area contributed by atoms with E-state index in [1.807, 2.05) is 42.5 Å². The lowest BCUT2D eigenvalue weighted by atomic mass is 9.99. The first kappa shape index (κ1) is 18.6. The first-order valence-corrected chi connectivity index (χ1v) is 10.2.